The summed E-state index contributed by atoms with van der Waals surface area (Å²) >= 11 is 0. The van der Waals surface area contributed by atoms with E-state index in [4.69, 9.17) is 9.47 Å². The van der Waals surface area contributed by atoms with Gasteiger partial charge in [-0.25, -0.2) is 0 Å². The van der Waals surface area contributed by atoms with Gasteiger partial charge in [0.15, 0.2) is 0 Å². The number of amides is 2. The van der Waals surface area contributed by atoms with Crippen molar-refractivity contribution in [2.75, 3.05) is 24.4 Å². The zero-order valence-corrected chi connectivity index (χ0v) is 16.9. The van der Waals surface area contributed by atoms with Crippen LogP contribution in [0.1, 0.15) is 24.2 Å². The third-order valence-electron chi connectivity index (χ3n) is 4.38. The topological polar surface area (TPSA) is 76.7 Å². The molecule has 0 spiro atoms. The van der Waals surface area contributed by atoms with Gasteiger partial charge in [0.2, 0.25) is 5.91 Å². The van der Waals surface area contributed by atoms with Gasteiger partial charge >= 0.3 is 0 Å². The Morgan fingerprint density at radius 1 is 0.867 bits per heavy atom. The molecule has 0 radical (unpaired) electrons. The van der Waals surface area contributed by atoms with Crippen molar-refractivity contribution in [3.63, 3.8) is 0 Å². The Bertz CT molecular complexity index is 951. The lowest BCUT2D eigenvalue weighted by atomic mass is 10.0. The molecule has 3 aromatic carbocycles. The highest BCUT2D eigenvalue weighted by Crippen LogP contribution is 2.29. The molecule has 0 heterocycles. The summed E-state index contributed by atoms with van der Waals surface area (Å²) in [5, 5.41) is 5.48. The number of carbonyl (C=O) groups excluding carboxylic acids is 2. The molecule has 0 atom stereocenters. The monoisotopic (exact) mass is 404 g/mol. The summed E-state index contributed by atoms with van der Waals surface area (Å²) in [5.74, 6) is -0.0420. The van der Waals surface area contributed by atoms with Gasteiger partial charge in [-0.3, -0.25) is 9.59 Å². The fraction of sp³-hybridized carbons (Fsp3) is 0.167. The van der Waals surface area contributed by atoms with Gasteiger partial charge in [-0.1, -0.05) is 60.7 Å². The fourth-order valence-corrected chi connectivity index (χ4v) is 3.07. The third kappa shape index (κ3) is 5.68. The predicted molar refractivity (Wildman–Crippen MR) is 117 cm³/mol. The molecule has 0 saturated carbocycles. The smallest absolute Gasteiger partial charge is 0.250 e. The second-order valence-electron chi connectivity index (χ2n) is 6.66. The van der Waals surface area contributed by atoms with Gasteiger partial charge < -0.3 is 20.1 Å². The van der Waals surface area contributed by atoms with Crippen molar-refractivity contribution in [3.05, 3.63) is 90.0 Å². The highest BCUT2D eigenvalue weighted by Gasteiger charge is 2.17. The molecule has 0 aliphatic rings. The minimum atomic E-state index is -0.370. The average molecular weight is 404 g/mol. The maximum Gasteiger partial charge on any atom is 0.250 e. The third-order valence-corrected chi connectivity index (χ3v) is 4.38. The summed E-state index contributed by atoms with van der Waals surface area (Å²) in [5.41, 5.74) is 2.93. The van der Waals surface area contributed by atoms with Gasteiger partial charge in [-0.15, -0.1) is 0 Å². The van der Waals surface area contributed by atoms with Gasteiger partial charge in [0.25, 0.3) is 5.91 Å². The molecule has 0 aromatic heterocycles. The zero-order chi connectivity index (χ0) is 21.3. The van der Waals surface area contributed by atoms with Crippen LogP contribution in [0.25, 0.3) is 0 Å². The van der Waals surface area contributed by atoms with Crippen molar-refractivity contribution in [2.45, 2.75) is 13.0 Å². The molecule has 0 aliphatic heterocycles. The molecule has 154 valence electrons. The van der Waals surface area contributed by atoms with Crippen molar-refractivity contribution < 1.29 is 19.1 Å². The van der Waals surface area contributed by atoms with E-state index in [2.05, 4.69) is 10.6 Å². The van der Waals surface area contributed by atoms with E-state index in [1.54, 1.807) is 18.2 Å². The normalized spacial score (nSPS) is 10.5. The quantitative estimate of drug-likeness (QED) is 0.583. The maximum atomic E-state index is 12.6. The van der Waals surface area contributed by atoms with Crippen LogP contribution in [0.2, 0.25) is 0 Å². The largest absolute Gasteiger partial charge is 0.495 e. The maximum absolute atomic E-state index is 12.6. The number of ether oxygens (including phenoxy) is 2. The van der Waals surface area contributed by atoms with Crippen molar-refractivity contribution >= 4 is 23.2 Å². The molecular formula is C24H24N2O4. The number of methoxy groups -OCH3 is 1. The van der Waals surface area contributed by atoms with Gasteiger partial charge in [0.1, 0.15) is 18.5 Å². The molecule has 0 saturated heterocycles. The van der Waals surface area contributed by atoms with Crippen LogP contribution in [-0.4, -0.2) is 25.5 Å². The molecule has 3 rings (SSSR count). The summed E-state index contributed by atoms with van der Waals surface area (Å²) in [6.45, 7) is 1.27. The Morgan fingerprint density at radius 2 is 1.47 bits per heavy atom. The lowest BCUT2D eigenvalue weighted by molar-refractivity contribution is -0.122. The molecule has 0 unspecified atom stereocenters. The summed E-state index contributed by atoms with van der Waals surface area (Å²) < 4.78 is 11.3. The van der Waals surface area contributed by atoms with Crippen LogP contribution in [-0.2, 0) is 14.3 Å². The second-order valence-corrected chi connectivity index (χ2v) is 6.66. The first kappa shape index (κ1) is 21.1. The molecule has 0 fully saturated rings. The van der Waals surface area contributed by atoms with E-state index < -0.39 is 0 Å². The summed E-state index contributed by atoms with van der Waals surface area (Å²) in [7, 11) is 1.51. The molecule has 2 amide bonds. The van der Waals surface area contributed by atoms with E-state index in [0.717, 1.165) is 11.1 Å². The number of carbonyl (C=O) groups is 2. The van der Waals surface area contributed by atoms with Crippen molar-refractivity contribution in [3.8, 4) is 5.75 Å². The van der Waals surface area contributed by atoms with Crippen molar-refractivity contribution in [1.29, 1.82) is 0 Å². The number of rotatable bonds is 8. The molecule has 6 nitrogen and oxygen atoms in total. The Kier molecular flexibility index (Phi) is 7.19. The van der Waals surface area contributed by atoms with Crippen molar-refractivity contribution in [2.24, 2.45) is 0 Å². The lowest BCUT2D eigenvalue weighted by Crippen LogP contribution is -2.21. The SMILES string of the molecule is COc1ccc(NC(C)=O)cc1NC(=O)COC(c1ccccc1)c1ccccc1. The number of hydrogen-bond donors (Lipinski definition) is 2. The van der Waals surface area contributed by atoms with Gasteiger partial charge in [-0.05, 0) is 29.3 Å². The Balaban J connectivity index is 1.73. The zero-order valence-electron chi connectivity index (χ0n) is 16.9. The highest BCUT2D eigenvalue weighted by atomic mass is 16.5. The molecule has 6 heteroatoms. The fourth-order valence-electron chi connectivity index (χ4n) is 3.07. The molecule has 3 aromatic rings. The Labute approximate surface area is 175 Å². The number of hydrogen-bond acceptors (Lipinski definition) is 4. The van der Waals surface area contributed by atoms with Crippen molar-refractivity contribution in [1.82, 2.24) is 0 Å². The standard InChI is InChI=1S/C24H24N2O4/c1-17(27)25-20-13-14-22(29-2)21(15-20)26-23(28)16-30-24(18-9-5-3-6-10-18)19-11-7-4-8-12-19/h3-15,24H,16H2,1-2H3,(H,25,27)(H,26,28). The number of benzene rings is 3. The Morgan fingerprint density at radius 3 is 2.00 bits per heavy atom. The van der Waals surface area contributed by atoms with Crippen LogP contribution in [0.5, 0.6) is 5.75 Å². The summed E-state index contributed by atoms with van der Waals surface area (Å²) in [6, 6.07) is 24.5. The van der Waals surface area contributed by atoms with Crippen LogP contribution in [0, 0.1) is 0 Å². The lowest BCUT2D eigenvalue weighted by Gasteiger charge is -2.19. The van der Waals surface area contributed by atoms with Gasteiger partial charge in [-0.2, -0.15) is 0 Å². The van der Waals surface area contributed by atoms with E-state index in [-0.39, 0.29) is 24.5 Å². The predicted octanol–water partition coefficient (Wildman–Crippen LogP) is 4.40. The van der Waals surface area contributed by atoms with Crippen LogP contribution in [0.3, 0.4) is 0 Å². The first-order valence-corrected chi connectivity index (χ1v) is 9.54. The van der Waals surface area contributed by atoms with Crippen LogP contribution in [0.15, 0.2) is 78.9 Å². The summed E-state index contributed by atoms with van der Waals surface area (Å²) in [6.07, 6.45) is -0.370. The Hall–Kier alpha value is -3.64. The van der Waals surface area contributed by atoms with E-state index in [1.165, 1.54) is 14.0 Å². The second kappa shape index (κ2) is 10.2. The van der Waals surface area contributed by atoms with Gasteiger partial charge in [0, 0.05) is 12.6 Å². The molecule has 0 aliphatic carbocycles. The van der Waals surface area contributed by atoms with Crippen LogP contribution >= 0.6 is 0 Å². The first-order valence-electron chi connectivity index (χ1n) is 9.54. The van der Waals surface area contributed by atoms with E-state index in [1.807, 2.05) is 60.7 Å². The molecule has 2 N–H and O–H groups in total. The average Bonchev–Trinajstić information content (AvgIpc) is 2.75. The number of anilines is 2. The number of nitrogens with one attached hydrogen (secondary N) is 2. The van der Waals surface area contributed by atoms with Crippen LogP contribution in [0.4, 0.5) is 11.4 Å². The molecule has 30 heavy (non-hydrogen) atoms. The minimum Gasteiger partial charge on any atom is -0.495 e. The van der Waals surface area contributed by atoms with Crippen LogP contribution < -0.4 is 15.4 Å². The van der Waals surface area contributed by atoms with Gasteiger partial charge in [0.05, 0.1) is 12.8 Å². The minimum absolute atomic E-state index is 0.151. The first-order chi connectivity index (χ1) is 14.6. The molecule has 0 bridgehead atoms. The van der Waals surface area contributed by atoms with E-state index in [9.17, 15) is 9.59 Å². The molecular weight excluding hydrogens is 380 g/mol. The summed E-state index contributed by atoms with van der Waals surface area (Å²) in [4.78, 5) is 23.9. The highest BCUT2D eigenvalue weighted by molar-refractivity contribution is 5.95. The van der Waals surface area contributed by atoms with E-state index >= 15 is 0 Å². The van der Waals surface area contributed by atoms with E-state index in [0.29, 0.717) is 17.1 Å².